The van der Waals surface area contributed by atoms with Gasteiger partial charge in [-0.25, -0.2) is 4.57 Å². The van der Waals surface area contributed by atoms with Gasteiger partial charge in [-0.15, -0.1) is 0 Å². The van der Waals surface area contributed by atoms with Crippen LogP contribution in [0.3, 0.4) is 0 Å². The molecule has 3 rings (SSSR count). The van der Waals surface area contributed by atoms with Crippen LogP contribution in [0.15, 0.2) is 78.9 Å². The van der Waals surface area contributed by atoms with Crippen LogP contribution in [0.5, 0.6) is 11.5 Å². The quantitative estimate of drug-likeness (QED) is 0.594. The Hall–Kier alpha value is -2.51. The van der Waals surface area contributed by atoms with Gasteiger partial charge in [0, 0.05) is 0 Å². The van der Waals surface area contributed by atoms with Gasteiger partial charge in [-0.05, 0) is 49.2 Å². The van der Waals surface area contributed by atoms with Gasteiger partial charge >= 0.3 is 7.60 Å². The molecule has 0 amide bonds. The topological polar surface area (TPSA) is 35.5 Å². The zero-order valence-electron chi connectivity index (χ0n) is 13.7. The minimum Gasteiger partial charge on any atom is -0.413 e. The van der Waals surface area contributed by atoms with E-state index < -0.39 is 7.60 Å². The van der Waals surface area contributed by atoms with E-state index in [2.05, 4.69) is 0 Å². The van der Waals surface area contributed by atoms with E-state index in [-0.39, 0.29) is 0 Å². The minimum atomic E-state index is -3.57. The summed E-state index contributed by atoms with van der Waals surface area (Å²) in [5.74, 6) is 1.11. The second-order valence-electron chi connectivity index (χ2n) is 5.55. The molecule has 0 aliphatic heterocycles. The molecular weight excluding hydrogens is 319 g/mol. The molecule has 122 valence electrons. The fourth-order valence-corrected chi connectivity index (χ4v) is 4.02. The van der Waals surface area contributed by atoms with Crippen LogP contribution in [0, 0.1) is 13.8 Å². The highest BCUT2D eigenvalue weighted by atomic mass is 31.2. The Bertz CT molecular complexity index is 823. The van der Waals surface area contributed by atoms with Gasteiger partial charge in [0.25, 0.3) is 0 Å². The second-order valence-corrected chi connectivity index (χ2v) is 7.42. The number of aryl methyl sites for hydroxylation is 2. The molecule has 0 unspecified atom stereocenters. The lowest BCUT2D eigenvalue weighted by molar-refractivity contribution is 0.397. The molecule has 0 fully saturated rings. The highest BCUT2D eigenvalue weighted by molar-refractivity contribution is 7.63. The first-order valence-corrected chi connectivity index (χ1v) is 9.29. The first kappa shape index (κ1) is 16.4. The van der Waals surface area contributed by atoms with Gasteiger partial charge in [0.15, 0.2) is 0 Å². The van der Waals surface area contributed by atoms with Crippen molar-refractivity contribution in [1.29, 1.82) is 0 Å². The van der Waals surface area contributed by atoms with Crippen LogP contribution in [0.2, 0.25) is 0 Å². The van der Waals surface area contributed by atoms with Gasteiger partial charge in [-0.2, -0.15) is 0 Å². The smallest absolute Gasteiger partial charge is 0.413 e. The van der Waals surface area contributed by atoms with Crippen molar-refractivity contribution in [2.75, 3.05) is 0 Å². The molecule has 0 spiro atoms. The number of para-hydroxylation sites is 2. The van der Waals surface area contributed by atoms with Gasteiger partial charge < -0.3 is 9.05 Å². The maximum absolute atomic E-state index is 13.6. The first-order chi connectivity index (χ1) is 11.6. The zero-order chi connectivity index (χ0) is 17.0. The molecule has 0 N–H and O–H groups in total. The van der Waals surface area contributed by atoms with Crippen LogP contribution in [-0.4, -0.2) is 0 Å². The Kier molecular flexibility index (Phi) is 4.73. The van der Waals surface area contributed by atoms with Crippen molar-refractivity contribution in [2.24, 2.45) is 0 Å². The lowest BCUT2D eigenvalue weighted by Crippen LogP contribution is -2.15. The third kappa shape index (κ3) is 3.52. The standard InChI is InChI=1S/C20H19O3P/c1-16-10-6-8-14-19(16)22-24(21,18-12-4-3-5-13-18)23-20-15-9-7-11-17(20)2/h3-15H,1-2H3. The van der Waals surface area contributed by atoms with E-state index in [0.29, 0.717) is 16.8 Å². The largest absolute Gasteiger partial charge is 0.462 e. The summed E-state index contributed by atoms with van der Waals surface area (Å²) >= 11 is 0. The third-order valence-corrected chi connectivity index (χ3v) is 5.50. The SMILES string of the molecule is Cc1ccccc1OP(=O)(Oc1ccccc1C)c1ccccc1. The van der Waals surface area contributed by atoms with Gasteiger partial charge in [0.1, 0.15) is 11.5 Å². The van der Waals surface area contributed by atoms with E-state index >= 15 is 0 Å². The molecule has 3 nitrogen and oxygen atoms in total. The van der Waals surface area contributed by atoms with Crippen molar-refractivity contribution in [3.63, 3.8) is 0 Å². The van der Waals surface area contributed by atoms with Crippen molar-refractivity contribution >= 4 is 12.9 Å². The van der Waals surface area contributed by atoms with Gasteiger partial charge in [-0.1, -0.05) is 54.6 Å². The molecule has 4 heteroatoms. The summed E-state index contributed by atoms with van der Waals surface area (Å²) in [7, 11) is -3.57. The summed E-state index contributed by atoms with van der Waals surface area (Å²) in [6.07, 6.45) is 0. The van der Waals surface area contributed by atoms with E-state index in [0.717, 1.165) is 11.1 Å². The van der Waals surface area contributed by atoms with E-state index in [4.69, 9.17) is 9.05 Å². The van der Waals surface area contributed by atoms with Crippen molar-refractivity contribution in [3.05, 3.63) is 90.0 Å². The lowest BCUT2D eigenvalue weighted by Gasteiger charge is -2.22. The van der Waals surface area contributed by atoms with E-state index in [1.54, 1.807) is 24.3 Å². The van der Waals surface area contributed by atoms with Crippen molar-refractivity contribution in [1.82, 2.24) is 0 Å². The Morgan fingerprint density at radius 2 is 1.04 bits per heavy atom. The predicted octanol–water partition coefficient (Wildman–Crippen LogP) is 5.28. The lowest BCUT2D eigenvalue weighted by atomic mass is 10.2. The molecule has 0 aromatic heterocycles. The third-order valence-electron chi connectivity index (χ3n) is 3.70. The monoisotopic (exact) mass is 338 g/mol. The Labute approximate surface area is 142 Å². The van der Waals surface area contributed by atoms with E-state index in [9.17, 15) is 4.57 Å². The summed E-state index contributed by atoms with van der Waals surface area (Å²) in [5, 5.41) is 0.525. The highest BCUT2D eigenvalue weighted by Gasteiger charge is 2.32. The first-order valence-electron chi connectivity index (χ1n) is 7.74. The molecule has 0 saturated heterocycles. The molecule has 0 heterocycles. The molecule has 3 aromatic rings. The van der Waals surface area contributed by atoms with Crippen molar-refractivity contribution in [3.8, 4) is 11.5 Å². The molecule has 0 saturated carbocycles. The van der Waals surface area contributed by atoms with Crippen LogP contribution >= 0.6 is 7.60 Å². The molecule has 0 radical (unpaired) electrons. The van der Waals surface area contributed by atoms with Gasteiger partial charge in [0.05, 0.1) is 5.30 Å². The van der Waals surface area contributed by atoms with Crippen molar-refractivity contribution in [2.45, 2.75) is 13.8 Å². The van der Waals surface area contributed by atoms with Crippen LogP contribution in [0.25, 0.3) is 0 Å². The highest BCUT2D eigenvalue weighted by Crippen LogP contribution is 2.48. The Morgan fingerprint density at radius 1 is 0.625 bits per heavy atom. The molecule has 0 atom stereocenters. The Balaban J connectivity index is 2.03. The minimum absolute atomic E-state index is 0.525. The number of benzene rings is 3. The molecule has 0 aliphatic rings. The van der Waals surface area contributed by atoms with Crippen LogP contribution in [0.4, 0.5) is 0 Å². The van der Waals surface area contributed by atoms with Gasteiger partial charge in [0.2, 0.25) is 0 Å². The maximum atomic E-state index is 13.6. The molecule has 3 aromatic carbocycles. The van der Waals surface area contributed by atoms with Crippen LogP contribution in [-0.2, 0) is 4.57 Å². The zero-order valence-corrected chi connectivity index (χ0v) is 14.6. The van der Waals surface area contributed by atoms with E-state index in [1.165, 1.54) is 0 Å². The normalized spacial score (nSPS) is 11.1. The Morgan fingerprint density at radius 3 is 1.50 bits per heavy atom. The molecular formula is C20H19O3P. The number of hydrogen-bond acceptors (Lipinski definition) is 3. The number of hydrogen-bond donors (Lipinski definition) is 0. The molecule has 0 aliphatic carbocycles. The van der Waals surface area contributed by atoms with E-state index in [1.807, 2.05) is 68.4 Å². The fourth-order valence-electron chi connectivity index (χ4n) is 2.31. The van der Waals surface area contributed by atoms with Crippen LogP contribution < -0.4 is 14.4 Å². The summed E-state index contributed by atoms with van der Waals surface area (Å²) in [6.45, 7) is 3.83. The summed E-state index contributed by atoms with van der Waals surface area (Å²) in [4.78, 5) is 0. The molecule has 24 heavy (non-hydrogen) atoms. The predicted molar refractivity (Wildman–Crippen MR) is 97.3 cm³/mol. The second kappa shape index (κ2) is 6.94. The molecule has 0 bridgehead atoms. The summed E-state index contributed by atoms with van der Waals surface area (Å²) in [6, 6.07) is 24.0. The van der Waals surface area contributed by atoms with Gasteiger partial charge in [-0.3, -0.25) is 0 Å². The van der Waals surface area contributed by atoms with Crippen LogP contribution in [0.1, 0.15) is 11.1 Å². The maximum Gasteiger partial charge on any atom is 0.462 e. The summed E-state index contributed by atoms with van der Waals surface area (Å²) < 4.78 is 25.4. The summed E-state index contributed by atoms with van der Waals surface area (Å²) in [5.41, 5.74) is 1.81. The number of rotatable bonds is 5. The van der Waals surface area contributed by atoms with Crippen molar-refractivity contribution < 1.29 is 13.6 Å². The average molecular weight is 338 g/mol. The fraction of sp³-hybridized carbons (Fsp3) is 0.100. The average Bonchev–Trinajstić information content (AvgIpc) is 2.60.